The van der Waals surface area contributed by atoms with Crippen LogP contribution in [0.5, 0.6) is 0 Å². The molecule has 0 fully saturated rings. The van der Waals surface area contributed by atoms with Crippen molar-refractivity contribution in [2.24, 2.45) is 0 Å². The largest absolute Gasteiger partial charge is 0.865 e. The molecular weight excluding hydrogens is 206 g/mol. The van der Waals surface area contributed by atoms with E-state index in [2.05, 4.69) is 4.74 Å². The molecule has 2 atom stereocenters. The van der Waals surface area contributed by atoms with Crippen LogP contribution in [0.15, 0.2) is 11.5 Å². The van der Waals surface area contributed by atoms with Gasteiger partial charge in [0.1, 0.15) is 11.9 Å². The highest BCUT2D eigenvalue weighted by Crippen LogP contribution is 2.19. The number of aliphatic hydroxyl groups excluding tert-OH is 3. The van der Waals surface area contributed by atoms with Gasteiger partial charge in [0, 0.05) is 5.76 Å². The van der Waals surface area contributed by atoms with Crippen LogP contribution in [0, 0.1) is 0 Å². The molecule has 0 saturated carbocycles. The van der Waals surface area contributed by atoms with Gasteiger partial charge in [0.05, 0.1) is 20.7 Å². The van der Waals surface area contributed by atoms with E-state index in [1.807, 2.05) is 19.4 Å². The summed E-state index contributed by atoms with van der Waals surface area (Å²) in [5.74, 6) is -3.25. The molecule has 0 radical (unpaired) electrons. The summed E-state index contributed by atoms with van der Waals surface area (Å²) in [5, 5.41) is 38.8. The lowest BCUT2D eigenvalue weighted by Crippen LogP contribution is -2.74. The molecular formula is C8H15NO6. The SMILES string of the molecule is C[NH2+]C.O=C1O[C@H]([C@@H](O)CO)C(O)=C1[O-]. The molecule has 1 rings (SSSR count). The zero-order chi connectivity index (χ0) is 12.0. The fraction of sp³-hybridized carbons (Fsp3) is 0.625. The fourth-order valence-electron chi connectivity index (χ4n) is 0.815. The first-order valence-corrected chi connectivity index (χ1v) is 4.33. The third kappa shape index (κ3) is 3.39. The second kappa shape index (κ2) is 6.23. The Morgan fingerprint density at radius 1 is 1.60 bits per heavy atom. The van der Waals surface area contributed by atoms with Crippen LogP contribution in [0.3, 0.4) is 0 Å². The number of quaternary nitrogens is 1. The van der Waals surface area contributed by atoms with Gasteiger partial charge in [0.25, 0.3) is 0 Å². The number of esters is 1. The van der Waals surface area contributed by atoms with Crippen molar-refractivity contribution in [3.05, 3.63) is 11.5 Å². The van der Waals surface area contributed by atoms with E-state index in [0.717, 1.165) is 0 Å². The summed E-state index contributed by atoms with van der Waals surface area (Å²) in [6, 6.07) is 0. The number of rotatable bonds is 2. The van der Waals surface area contributed by atoms with Crippen LogP contribution in [0.1, 0.15) is 0 Å². The van der Waals surface area contributed by atoms with Crippen molar-refractivity contribution in [2.45, 2.75) is 12.2 Å². The molecule has 0 bridgehead atoms. The molecule has 5 N–H and O–H groups in total. The molecule has 7 nitrogen and oxygen atoms in total. The van der Waals surface area contributed by atoms with Gasteiger partial charge >= 0.3 is 5.97 Å². The van der Waals surface area contributed by atoms with E-state index < -0.39 is 36.3 Å². The fourth-order valence-corrected chi connectivity index (χ4v) is 0.815. The lowest BCUT2D eigenvalue weighted by molar-refractivity contribution is -0.597. The van der Waals surface area contributed by atoms with E-state index in [0.29, 0.717) is 0 Å². The molecule has 1 heterocycles. The predicted molar refractivity (Wildman–Crippen MR) is 46.4 cm³/mol. The van der Waals surface area contributed by atoms with Gasteiger partial charge in [-0.3, -0.25) is 0 Å². The van der Waals surface area contributed by atoms with E-state index in [1.165, 1.54) is 0 Å². The normalized spacial score (nSPS) is 21.9. The van der Waals surface area contributed by atoms with Crippen LogP contribution in [-0.2, 0) is 9.53 Å². The maximum absolute atomic E-state index is 10.6. The summed E-state index contributed by atoms with van der Waals surface area (Å²) in [7, 11) is 4.00. The first-order chi connectivity index (χ1) is 6.99. The second-order valence-corrected chi connectivity index (χ2v) is 2.87. The second-order valence-electron chi connectivity index (χ2n) is 2.87. The molecule has 1 aliphatic rings. The molecule has 88 valence electrons. The average Bonchev–Trinajstić information content (AvgIpc) is 2.46. The molecule has 0 aromatic carbocycles. The van der Waals surface area contributed by atoms with Gasteiger partial charge in [-0.05, 0) is 0 Å². The molecule has 15 heavy (non-hydrogen) atoms. The number of nitrogens with two attached hydrogens (primary N) is 1. The van der Waals surface area contributed by atoms with Gasteiger partial charge in [0.2, 0.25) is 0 Å². The minimum absolute atomic E-state index is 0.699. The first-order valence-electron chi connectivity index (χ1n) is 4.33. The van der Waals surface area contributed by atoms with Crippen molar-refractivity contribution in [1.82, 2.24) is 0 Å². The number of hydrogen-bond donors (Lipinski definition) is 4. The lowest BCUT2D eigenvalue weighted by Gasteiger charge is -2.14. The smallest absolute Gasteiger partial charge is 0.327 e. The Morgan fingerprint density at radius 2 is 2.07 bits per heavy atom. The van der Waals surface area contributed by atoms with Gasteiger partial charge < -0.3 is 30.5 Å². The maximum atomic E-state index is 10.6. The Morgan fingerprint density at radius 3 is 2.33 bits per heavy atom. The van der Waals surface area contributed by atoms with Crippen LogP contribution in [0.4, 0.5) is 0 Å². The molecule has 0 aromatic rings. The van der Waals surface area contributed by atoms with Crippen molar-refractivity contribution < 1.29 is 35.3 Å². The van der Waals surface area contributed by atoms with Crippen LogP contribution in [0.25, 0.3) is 0 Å². The zero-order valence-corrected chi connectivity index (χ0v) is 8.51. The number of hydrogen-bond acceptors (Lipinski definition) is 6. The van der Waals surface area contributed by atoms with E-state index in [4.69, 9.17) is 15.3 Å². The quantitative estimate of drug-likeness (QED) is 0.354. The molecule has 0 unspecified atom stereocenters. The highest BCUT2D eigenvalue weighted by atomic mass is 16.6. The topological polar surface area (TPSA) is 127 Å². The number of aliphatic hydroxyl groups is 3. The van der Waals surface area contributed by atoms with Gasteiger partial charge in [0.15, 0.2) is 6.10 Å². The molecule has 0 spiro atoms. The standard InChI is InChI=1S/C6H8O6.C2H7N/c7-1-2(8)5-3(9)4(10)6(11)12-5;1-3-2/h2,5,7-10H,1H2;3H,1-2H3/t2-,5+;/m0./s1. The third-order valence-corrected chi connectivity index (χ3v) is 1.46. The minimum atomic E-state index is -1.46. The summed E-state index contributed by atoms with van der Waals surface area (Å²) in [6.45, 7) is -0.699. The van der Waals surface area contributed by atoms with Gasteiger partial charge in [-0.15, -0.1) is 0 Å². The Kier molecular flexibility index (Phi) is 5.68. The molecule has 1 aliphatic heterocycles. The van der Waals surface area contributed by atoms with Gasteiger partial charge in [-0.1, -0.05) is 0 Å². The van der Waals surface area contributed by atoms with Gasteiger partial charge in [-0.2, -0.15) is 0 Å². The molecule has 7 heteroatoms. The Hall–Kier alpha value is -1.31. The van der Waals surface area contributed by atoms with E-state index >= 15 is 0 Å². The zero-order valence-electron chi connectivity index (χ0n) is 8.51. The average molecular weight is 221 g/mol. The maximum Gasteiger partial charge on any atom is 0.327 e. The first kappa shape index (κ1) is 13.7. The van der Waals surface area contributed by atoms with E-state index in [-0.39, 0.29) is 0 Å². The highest BCUT2D eigenvalue weighted by molar-refractivity contribution is 5.88. The highest BCUT2D eigenvalue weighted by Gasteiger charge is 2.34. The Bertz CT molecular complexity index is 252. The summed E-state index contributed by atoms with van der Waals surface area (Å²) < 4.78 is 4.25. The Balaban J connectivity index is 0.000000583. The predicted octanol–water partition coefficient (Wildman–Crippen LogP) is -3.80. The Labute approximate surface area is 86.6 Å². The van der Waals surface area contributed by atoms with Crippen LogP contribution in [0.2, 0.25) is 0 Å². The van der Waals surface area contributed by atoms with Crippen molar-refractivity contribution in [1.29, 1.82) is 0 Å². The summed E-state index contributed by atoms with van der Waals surface area (Å²) in [4.78, 5) is 10.5. The number of ether oxygens (including phenoxy) is 1. The molecule has 0 aromatic heterocycles. The summed E-state index contributed by atoms with van der Waals surface area (Å²) >= 11 is 0. The molecule has 0 amide bonds. The van der Waals surface area contributed by atoms with E-state index in [9.17, 15) is 9.90 Å². The van der Waals surface area contributed by atoms with Gasteiger partial charge in [-0.25, -0.2) is 4.79 Å². The third-order valence-electron chi connectivity index (χ3n) is 1.46. The van der Waals surface area contributed by atoms with Crippen molar-refractivity contribution in [3.63, 3.8) is 0 Å². The number of carbonyl (C=O) groups excluding carboxylic acids is 1. The minimum Gasteiger partial charge on any atom is -0.865 e. The summed E-state index contributed by atoms with van der Waals surface area (Å²) in [5.41, 5.74) is 0. The molecule has 0 aliphatic carbocycles. The van der Waals surface area contributed by atoms with Crippen LogP contribution < -0.4 is 10.4 Å². The molecule has 0 saturated heterocycles. The van der Waals surface area contributed by atoms with Crippen LogP contribution >= 0.6 is 0 Å². The monoisotopic (exact) mass is 221 g/mol. The number of cyclic esters (lactones) is 1. The van der Waals surface area contributed by atoms with E-state index in [1.54, 1.807) is 0 Å². The summed E-state index contributed by atoms with van der Waals surface area (Å²) in [6.07, 6.45) is -2.88. The van der Waals surface area contributed by atoms with Crippen molar-refractivity contribution >= 4 is 5.97 Å². The van der Waals surface area contributed by atoms with Crippen LogP contribution in [-0.4, -0.2) is 54.2 Å². The lowest BCUT2D eigenvalue weighted by atomic mass is 10.2. The number of carbonyl (C=O) groups is 1. The van der Waals surface area contributed by atoms with Crippen molar-refractivity contribution in [2.75, 3.05) is 20.7 Å². The van der Waals surface area contributed by atoms with Crippen molar-refractivity contribution in [3.8, 4) is 0 Å².